The zero-order valence-corrected chi connectivity index (χ0v) is 10.7. The van der Waals surface area contributed by atoms with Crippen molar-refractivity contribution in [1.29, 1.82) is 5.26 Å². The number of nitriles is 1. The molecule has 1 saturated heterocycles. The smallest absolute Gasteiger partial charge is 0.330 e. The Morgan fingerprint density at radius 1 is 1.63 bits per heavy atom. The SMILES string of the molecule is Cn1cc([N+](=O)[O-])c(NC2CCN(CC#N)CC2)n1. The molecule has 1 fully saturated rings. The van der Waals surface area contributed by atoms with Crippen LogP contribution in [0.4, 0.5) is 11.5 Å². The van der Waals surface area contributed by atoms with Crippen molar-refractivity contribution in [1.82, 2.24) is 14.7 Å². The van der Waals surface area contributed by atoms with Gasteiger partial charge in [0.1, 0.15) is 6.20 Å². The minimum Gasteiger partial charge on any atom is -0.360 e. The van der Waals surface area contributed by atoms with E-state index in [4.69, 9.17) is 5.26 Å². The van der Waals surface area contributed by atoms with Crippen molar-refractivity contribution in [2.45, 2.75) is 18.9 Å². The van der Waals surface area contributed by atoms with Gasteiger partial charge in [0.25, 0.3) is 0 Å². The van der Waals surface area contributed by atoms with Gasteiger partial charge in [-0.25, -0.2) is 0 Å². The first kappa shape index (κ1) is 13.3. The van der Waals surface area contributed by atoms with Crippen LogP contribution in [0.5, 0.6) is 0 Å². The van der Waals surface area contributed by atoms with Gasteiger partial charge in [-0.15, -0.1) is 5.10 Å². The van der Waals surface area contributed by atoms with Gasteiger partial charge in [0.05, 0.1) is 17.5 Å². The number of rotatable bonds is 4. The first-order chi connectivity index (χ1) is 9.10. The Morgan fingerprint density at radius 2 is 2.32 bits per heavy atom. The fourth-order valence-corrected chi connectivity index (χ4v) is 2.24. The molecule has 0 spiro atoms. The van der Waals surface area contributed by atoms with E-state index in [1.54, 1.807) is 7.05 Å². The molecule has 0 bridgehead atoms. The van der Waals surface area contributed by atoms with Gasteiger partial charge in [0.15, 0.2) is 0 Å². The van der Waals surface area contributed by atoms with Gasteiger partial charge in [0.2, 0.25) is 5.82 Å². The summed E-state index contributed by atoms with van der Waals surface area (Å²) in [6, 6.07) is 2.30. The van der Waals surface area contributed by atoms with E-state index in [1.165, 1.54) is 10.9 Å². The van der Waals surface area contributed by atoms with E-state index in [9.17, 15) is 10.1 Å². The number of aromatic nitrogens is 2. The average molecular weight is 264 g/mol. The standard InChI is InChI=1S/C11H16N6O2/c1-15-8-10(17(18)19)11(14-15)13-9-2-5-16(6-3-9)7-4-12/h8-9H,2-3,5-7H2,1H3,(H,13,14). The Hall–Kier alpha value is -2.14. The first-order valence-electron chi connectivity index (χ1n) is 6.14. The van der Waals surface area contributed by atoms with Crippen LogP contribution in [-0.4, -0.2) is 45.3 Å². The van der Waals surface area contributed by atoms with Crippen LogP contribution in [0, 0.1) is 21.4 Å². The predicted molar refractivity (Wildman–Crippen MR) is 68.6 cm³/mol. The van der Waals surface area contributed by atoms with Gasteiger partial charge in [0, 0.05) is 26.2 Å². The number of nitrogens with zero attached hydrogens (tertiary/aromatic N) is 5. The van der Waals surface area contributed by atoms with Crippen LogP contribution in [0.15, 0.2) is 6.20 Å². The van der Waals surface area contributed by atoms with E-state index in [1.807, 2.05) is 0 Å². The van der Waals surface area contributed by atoms with Gasteiger partial charge in [-0.3, -0.25) is 19.7 Å². The van der Waals surface area contributed by atoms with Crippen molar-refractivity contribution in [3.63, 3.8) is 0 Å². The van der Waals surface area contributed by atoms with Gasteiger partial charge >= 0.3 is 5.69 Å². The van der Waals surface area contributed by atoms with Gasteiger partial charge in [-0.2, -0.15) is 5.26 Å². The predicted octanol–water partition coefficient (Wildman–Crippen LogP) is 0.728. The second kappa shape index (κ2) is 5.67. The molecule has 1 N–H and O–H groups in total. The lowest BCUT2D eigenvalue weighted by atomic mass is 10.1. The third-order valence-electron chi connectivity index (χ3n) is 3.23. The molecule has 8 nitrogen and oxygen atoms in total. The number of anilines is 1. The topological polar surface area (TPSA) is 100 Å². The quantitative estimate of drug-likeness (QED) is 0.489. The van der Waals surface area contributed by atoms with E-state index in [-0.39, 0.29) is 11.7 Å². The summed E-state index contributed by atoms with van der Waals surface area (Å²) in [5.74, 6) is 0.325. The summed E-state index contributed by atoms with van der Waals surface area (Å²) < 4.78 is 1.44. The molecule has 0 aliphatic carbocycles. The number of likely N-dealkylation sites (tertiary alicyclic amines) is 1. The maximum atomic E-state index is 10.9. The van der Waals surface area contributed by atoms with Crippen LogP contribution >= 0.6 is 0 Å². The van der Waals surface area contributed by atoms with Crippen LogP contribution in [-0.2, 0) is 7.05 Å². The largest absolute Gasteiger partial charge is 0.360 e. The van der Waals surface area contributed by atoms with Crippen molar-refractivity contribution in [2.75, 3.05) is 25.0 Å². The van der Waals surface area contributed by atoms with Gasteiger partial charge in [-0.05, 0) is 12.8 Å². The van der Waals surface area contributed by atoms with E-state index < -0.39 is 4.92 Å². The molecule has 0 saturated carbocycles. The highest BCUT2D eigenvalue weighted by atomic mass is 16.6. The normalized spacial score (nSPS) is 17.1. The molecule has 0 radical (unpaired) electrons. The first-order valence-corrected chi connectivity index (χ1v) is 6.14. The second-order valence-corrected chi connectivity index (χ2v) is 4.65. The van der Waals surface area contributed by atoms with Crippen LogP contribution < -0.4 is 5.32 Å². The summed E-state index contributed by atoms with van der Waals surface area (Å²) in [5.41, 5.74) is 0.00181. The molecule has 2 rings (SSSR count). The van der Waals surface area contributed by atoms with Crippen molar-refractivity contribution >= 4 is 11.5 Å². The molecule has 0 atom stereocenters. The lowest BCUT2D eigenvalue weighted by Crippen LogP contribution is -2.39. The van der Waals surface area contributed by atoms with Crippen LogP contribution in [0.3, 0.4) is 0 Å². The summed E-state index contributed by atoms with van der Waals surface area (Å²) in [7, 11) is 1.66. The van der Waals surface area contributed by atoms with Crippen LogP contribution in [0.1, 0.15) is 12.8 Å². The van der Waals surface area contributed by atoms with E-state index in [2.05, 4.69) is 21.4 Å². The average Bonchev–Trinajstić information content (AvgIpc) is 2.73. The Balaban J connectivity index is 1.96. The lowest BCUT2D eigenvalue weighted by molar-refractivity contribution is -0.384. The molecule has 8 heteroatoms. The van der Waals surface area contributed by atoms with Crippen molar-refractivity contribution < 1.29 is 4.92 Å². The monoisotopic (exact) mass is 264 g/mol. The number of nitrogens with one attached hydrogen (secondary N) is 1. The number of hydrogen-bond acceptors (Lipinski definition) is 6. The molecule has 0 aromatic carbocycles. The molecule has 2 heterocycles. The lowest BCUT2D eigenvalue weighted by Gasteiger charge is -2.30. The minimum atomic E-state index is -0.430. The Kier molecular flexibility index (Phi) is 3.97. The van der Waals surface area contributed by atoms with E-state index in [0.29, 0.717) is 12.4 Å². The molecule has 0 unspecified atom stereocenters. The molecule has 1 aliphatic heterocycles. The summed E-state index contributed by atoms with van der Waals surface area (Å²) in [4.78, 5) is 12.5. The molecule has 1 aliphatic rings. The highest BCUT2D eigenvalue weighted by Gasteiger charge is 2.24. The second-order valence-electron chi connectivity index (χ2n) is 4.65. The van der Waals surface area contributed by atoms with Gasteiger partial charge in [-0.1, -0.05) is 0 Å². The number of aryl methyl sites for hydroxylation is 1. The van der Waals surface area contributed by atoms with E-state index >= 15 is 0 Å². The molecule has 1 aromatic heterocycles. The Morgan fingerprint density at radius 3 is 2.89 bits per heavy atom. The zero-order valence-electron chi connectivity index (χ0n) is 10.7. The van der Waals surface area contributed by atoms with Crippen LogP contribution in [0.2, 0.25) is 0 Å². The number of piperidine rings is 1. The molecule has 1 aromatic rings. The molecule has 102 valence electrons. The third-order valence-corrected chi connectivity index (χ3v) is 3.23. The fourth-order valence-electron chi connectivity index (χ4n) is 2.24. The molecule has 19 heavy (non-hydrogen) atoms. The van der Waals surface area contributed by atoms with Crippen molar-refractivity contribution in [2.24, 2.45) is 7.05 Å². The highest BCUT2D eigenvalue weighted by Crippen LogP contribution is 2.24. The summed E-state index contributed by atoms with van der Waals surface area (Å²) in [6.07, 6.45) is 3.11. The van der Waals surface area contributed by atoms with Crippen molar-refractivity contribution in [3.8, 4) is 6.07 Å². The molecular weight excluding hydrogens is 248 g/mol. The minimum absolute atomic E-state index is 0.00181. The summed E-state index contributed by atoms with van der Waals surface area (Å²) in [6.45, 7) is 2.09. The Bertz CT molecular complexity index is 498. The summed E-state index contributed by atoms with van der Waals surface area (Å²) in [5, 5.41) is 26.7. The molecule has 0 amide bonds. The highest BCUT2D eigenvalue weighted by molar-refractivity contribution is 5.55. The molecular formula is C11H16N6O2. The zero-order chi connectivity index (χ0) is 13.8. The number of hydrogen-bond donors (Lipinski definition) is 1. The maximum Gasteiger partial charge on any atom is 0.330 e. The van der Waals surface area contributed by atoms with E-state index in [0.717, 1.165) is 25.9 Å². The number of nitro groups is 1. The summed E-state index contributed by atoms with van der Waals surface area (Å²) >= 11 is 0. The van der Waals surface area contributed by atoms with Crippen molar-refractivity contribution in [3.05, 3.63) is 16.3 Å². The van der Waals surface area contributed by atoms with Crippen LogP contribution in [0.25, 0.3) is 0 Å². The Labute approximate surface area is 110 Å². The van der Waals surface area contributed by atoms with Gasteiger partial charge < -0.3 is 5.32 Å². The maximum absolute atomic E-state index is 10.9. The fraction of sp³-hybridized carbons (Fsp3) is 0.636. The third kappa shape index (κ3) is 3.20.